The van der Waals surface area contributed by atoms with Crippen LogP contribution in [0.1, 0.15) is 29.7 Å². The molecule has 2 aromatic rings. The highest BCUT2D eigenvalue weighted by Crippen LogP contribution is 2.24. The van der Waals surface area contributed by atoms with Crippen LogP contribution in [-0.4, -0.2) is 42.6 Å². The fourth-order valence-electron chi connectivity index (χ4n) is 4.03. The molecule has 3 heterocycles. The van der Waals surface area contributed by atoms with Crippen molar-refractivity contribution in [1.82, 2.24) is 15.1 Å². The summed E-state index contributed by atoms with van der Waals surface area (Å²) in [5, 5.41) is 2.65. The van der Waals surface area contributed by atoms with E-state index >= 15 is 0 Å². The molecule has 2 amide bonds. The highest BCUT2D eigenvalue weighted by atomic mass is 16.5. The van der Waals surface area contributed by atoms with Gasteiger partial charge in [0.25, 0.3) is 0 Å². The summed E-state index contributed by atoms with van der Waals surface area (Å²) in [7, 11) is 1.64. The lowest BCUT2D eigenvalue weighted by molar-refractivity contribution is 0.144. The summed E-state index contributed by atoms with van der Waals surface area (Å²) in [5.41, 5.74) is 2.51. The first-order valence-electron chi connectivity index (χ1n) is 10.1. The van der Waals surface area contributed by atoms with Crippen molar-refractivity contribution in [3.05, 3.63) is 63.7 Å². The van der Waals surface area contributed by atoms with E-state index in [9.17, 15) is 9.59 Å². The van der Waals surface area contributed by atoms with Crippen LogP contribution in [0.4, 0.5) is 4.79 Å². The van der Waals surface area contributed by atoms with Gasteiger partial charge in [-0.15, -0.1) is 0 Å². The van der Waals surface area contributed by atoms with Gasteiger partial charge in [-0.1, -0.05) is 24.3 Å². The maximum Gasteiger partial charge on any atom is 0.317 e. The first-order chi connectivity index (χ1) is 14.1. The van der Waals surface area contributed by atoms with Crippen molar-refractivity contribution in [1.29, 1.82) is 0 Å². The molecular weight excluding hydrogens is 370 g/mol. The van der Waals surface area contributed by atoms with E-state index in [0.29, 0.717) is 37.9 Å². The van der Waals surface area contributed by atoms with Gasteiger partial charge in [-0.2, -0.15) is 0 Å². The molecule has 29 heavy (non-hydrogen) atoms. The number of hydrogen-bond acceptors (Lipinski definition) is 5. The molecule has 4 rings (SSSR count). The Hall–Kier alpha value is -2.80. The van der Waals surface area contributed by atoms with E-state index in [2.05, 4.69) is 34.5 Å². The number of hydrogen-bond donors (Lipinski definition) is 1. The Morgan fingerprint density at radius 1 is 1.21 bits per heavy atom. The standard InChI is InChI=1S/C22H27N3O4/c1-23-22(27)25-8-6-16(7-9-25)14-29-21-15-28-19(10-20(21)26)13-24-11-17-4-2-3-5-18(17)12-24/h2-5,10,15-16H,6-9,11-14H2,1H3,(H,23,27). The molecule has 2 aliphatic rings. The van der Waals surface area contributed by atoms with E-state index in [-0.39, 0.29) is 17.2 Å². The Balaban J connectivity index is 1.27. The topological polar surface area (TPSA) is 75.0 Å². The van der Waals surface area contributed by atoms with Crippen LogP contribution in [0.15, 0.2) is 45.8 Å². The number of nitrogens with one attached hydrogen (secondary N) is 1. The first kappa shape index (κ1) is 19.5. The minimum atomic E-state index is -0.147. The number of carbonyl (C=O) groups excluding carboxylic acids is 1. The molecule has 1 fully saturated rings. The molecule has 7 nitrogen and oxygen atoms in total. The molecule has 0 spiro atoms. The summed E-state index contributed by atoms with van der Waals surface area (Å²) in [6.45, 7) is 4.22. The molecule has 0 bridgehead atoms. The third-order valence-electron chi connectivity index (χ3n) is 5.73. The number of fused-ring (bicyclic) bond motifs is 1. The van der Waals surface area contributed by atoms with Crippen LogP contribution in [0.25, 0.3) is 0 Å². The minimum Gasteiger partial charge on any atom is -0.486 e. The molecule has 1 saturated heterocycles. The molecule has 0 saturated carbocycles. The Kier molecular flexibility index (Phi) is 5.85. The highest BCUT2D eigenvalue weighted by molar-refractivity contribution is 5.73. The quantitative estimate of drug-likeness (QED) is 0.839. The molecule has 1 aromatic carbocycles. The molecule has 0 unspecified atom stereocenters. The zero-order chi connectivity index (χ0) is 20.2. The molecule has 2 aliphatic heterocycles. The summed E-state index contributed by atoms with van der Waals surface area (Å²) >= 11 is 0. The fraction of sp³-hybridized carbons (Fsp3) is 0.455. The van der Waals surface area contributed by atoms with Crippen LogP contribution in [0, 0.1) is 5.92 Å². The zero-order valence-corrected chi connectivity index (χ0v) is 16.7. The zero-order valence-electron chi connectivity index (χ0n) is 16.7. The van der Waals surface area contributed by atoms with E-state index in [4.69, 9.17) is 9.15 Å². The minimum absolute atomic E-state index is 0.0401. The SMILES string of the molecule is CNC(=O)N1CCC(COc2coc(CN3Cc4ccccc4C3)cc2=O)CC1. The summed E-state index contributed by atoms with van der Waals surface area (Å²) in [6.07, 6.45) is 3.17. The second-order valence-corrected chi connectivity index (χ2v) is 7.79. The molecule has 0 radical (unpaired) electrons. The van der Waals surface area contributed by atoms with Crippen molar-refractivity contribution in [3.8, 4) is 5.75 Å². The lowest BCUT2D eigenvalue weighted by Crippen LogP contribution is -2.44. The number of likely N-dealkylation sites (tertiary alicyclic amines) is 1. The van der Waals surface area contributed by atoms with Crippen molar-refractivity contribution in [2.24, 2.45) is 5.92 Å². The van der Waals surface area contributed by atoms with Crippen molar-refractivity contribution in [2.75, 3.05) is 26.7 Å². The van der Waals surface area contributed by atoms with Gasteiger partial charge in [-0.3, -0.25) is 9.69 Å². The smallest absolute Gasteiger partial charge is 0.317 e. The predicted octanol–water partition coefficient (Wildman–Crippen LogP) is 2.59. The van der Waals surface area contributed by atoms with Crippen molar-refractivity contribution >= 4 is 6.03 Å². The van der Waals surface area contributed by atoms with E-state index in [1.54, 1.807) is 11.9 Å². The van der Waals surface area contributed by atoms with Crippen LogP contribution in [0.3, 0.4) is 0 Å². The summed E-state index contributed by atoms with van der Waals surface area (Å²) in [6, 6.07) is 9.88. The van der Waals surface area contributed by atoms with Crippen LogP contribution >= 0.6 is 0 Å². The lowest BCUT2D eigenvalue weighted by atomic mass is 9.98. The van der Waals surface area contributed by atoms with Crippen LogP contribution in [-0.2, 0) is 19.6 Å². The van der Waals surface area contributed by atoms with Gasteiger partial charge in [0.1, 0.15) is 12.0 Å². The van der Waals surface area contributed by atoms with Crippen LogP contribution in [0.5, 0.6) is 5.75 Å². The van der Waals surface area contributed by atoms with Crippen LogP contribution < -0.4 is 15.5 Å². The number of urea groups is 1. The van der Waals surface area contributed by atoms with Gasteiger partial charge >= 0.3 is 6.03 Å². The largest absolute Gasteiger partial charge is 0.486 e. The number of piperidine rings is 1. The third-order valence-corrected chi connectivity index (χ3v) is 5.73. The Morgan fingerprint density at radius 2 is 1.90 bits per heavy atom. The van der Waals surface area contributed by atoms with Gasteiger partial charge in [-0.05, 0) is 29.9 Å². The van der Waals surface area contributed by atoms with Gasteiger partial charge in [0.05, 0.1) is 13.2 Å². The fourth-order valence-corrected chi connectivity index (χ4v) is 4.03. The molecule has 1 N–H and O–H groups in total. The second kappa shape index (κ2) is 8.69. The van der Waals surface area contributed by atoms with Gasteiger partial charge in [0, 0.05) is 39.3 Å². The molecule has 7 heteroatoms. The number of carbonyl (C=O) groups is 1. The maximum absolute atomic E-state index is 12.4. The van der Waals surface area contributed by atoms with Gasteiger partial charge in [0.15, 0.2) is 0 Å². The van der Waals surface area contributed by atoms with Crippen molar-refractivity contribution in [2.45, 2.75) is 32.5 Å². The van der Waals surface area contributed by atoms with Crippen molar-refractivity contribution in [3.63, 3.8) is 0 Å². The summed E-state index contributed by atoms with van der Waals surface area (Å²) < 4.78 is 11.4. The number of benzene rings is 1. The predicted molar refractivity (Wildman–Crippen MR) is 109 cm³/mol. The Bertz CT molecular complexity index is 893. The average Bonchev–Trinajstić information content (AvgIpc) is 3.15. The first-order valence-corrected chi connectivity index (χ1v) is 10.1. The molecule has 0 aliphatic carbocycles. The normalized spacial score (nSPS) is 17.2. The van der Waals surface area contributed by atoms with E-state index in [1.165, 1.54) is 23.5 Å². The molecule has 0 atom stereocenters. The number of rotatable bonds is 5. The van der Waals surface area contributed by atoms with Gasteiger partial charge < -0.3 is 19.4 Å². The van der Waals surface area contributed by atoms with E-state index in [0.717, 1.165) is 25.9 Å². The second-order valence-electron chi connectivity index (χ2n) is 7.79. The number of amides is 2. The lowest BCUT2D eigenvalue weighted by Gasteiger charge is -2.31. The third kappa shape index (κ3) is 4.62. The van der Waals surface area contributed by atoms with Crippen LogP contribution in [0.2, 0.25) is 0 Å². The highest BCUT2D eigenvalue weighted by Gasteiger charge is 2.23. The van der Waals surface area contributed by atoms with E-state index < -0.39 is 0 Å². The molecular formula is C22H27N3O4. The Morgan fingerprint density at radius 3 is 2.52 bits per heavy atom. The van der Waals surface area contributed by atoms with E-state index in [1.807, 2.05) is 0 Å². The monoisotopic (exact) mass is 397 g/mol. The summed E-state index contributed by atoms with van der Waals surface area (Å²) in [4.78, 5) is 28.1. The average molecular weight is 397 g/mol. The molecule has 1 aromatic heterocycles. The maximum atomic E-state index is 12.4. The summed E-state index contributed by atoms with van der Waals surface area (Å²) in [5.74, 6) is 1.24. The molecule has 154 valence electrons. The van der Waals surface area contributed by atoms with Gasteiger partial charge in [0.2, 0.25) is 11.2 Å². The number of ether oxygens (including phenoxy) is 1. The Labute approximate surface area is 170 Å². The van der Waals surface area contributed by atoms with Crippen molar-refractivity contribution < 1.29 is 13.9 Å². The number of nitrogens with zero attached hydrogens (tertiary/aromatic N) is 2. The van der Waals surface area contributed by atoms with Gasteiger partial charge in [-0.25, -0.2) is 4.79 Å².